The van der Waals surface area contributed by atoms with Crippen molar-refractivity contribution >= 4 is 0 Å². The molecule has 0 aromatic heterocycles. The molecule has 1 aromatic carbocycles. The fourth-order valence-corrected chi connectivity index (χ4v) is 2.53. The number of morpholine rings is 1. The lowest BCUT2D eigenvalue weighted by molar-refractivity contribution is -0.0395. The van der Waals surface area contributed by atoms with Crippen LogP contribution in [0.1, 0.15) is 18.5 Å². The Morgan fingerprint density at radius 2 is 2.26 bits per heavy atom. The number of phenols is 2. The molecule has 0 radical (unpaired) electrons. The van der Waals surface area contributed by atoms with Gasteiger partial charge >= 0.3 is 0 Å². The maximum Gasteiger partial charge on any atom is 0.124 e. The lowest BCUT2D eigenvalue weighted by atomic mass is 10.0. The van der Waals surface area contributed by atoms with Crippen LogP contribution in [0.2, 0.25) is 0 Å². The second kappa shape index (κ2) is 6.23. The van der Waals surface area contributed by atoms with E-state index in [0.29, 0.717) is 6.61 Å². The number of ether oxygens (including phenoxy) is 1. The lowest BCUT2D eigenvalue weighted by Crippen LogP contribution is -2.46. The summed E-state index contributed by atoms with van der Waals surface area (Å²) in [6, 6.07) is 4.87. The molecular formula is C14H22N2O3. The molecule has 1 aliphatic rings. The molecule has 0 amide bonds. The molecule has 0 saturated carbocycles. The minimum atomic E-state index is 0.0866. The van der Waals surface area contributed by atoms with Gasteiger partial charge in [0, 0.05) is 37.3 Å². The molecule has 1 fully saturated rings. The summed E-state index contributed by atoms with van der Waals surface area (Å²) in [5.74, 6) is 0.229. The molecule has 19 heavy (non-hydrogen) atoms. The second-order valence-electron chi connectivity index (χ2n) is 4.96. The highest BCUT2D eigenvalue weighted by molar-refractivity contribution is 5.40. The normalized spacial score (nSPS) is 22.3. The predicted octanol–water partition coefficient (Wildman–Crippen LogP) is 1.08. The van der Waals surface area contributed by atoms with Crippen molar-refractivity contribution < 1.29 is 14.9 Å². The van der Waals surface area contributed by atoms with Crippen molar-refractivity contribution in [3.05, 3.63) is 23.8 Å². The van der Waals surface area contributed by atoms with Gasteiger partial charge < -0.3 is 20.3 Å². The van der Waals surface area contributed by atoms with Crippen LogP contribution in [-0.4, -0.2) is 54.5 Å². The molecule has 0 spiro atoms. The zero-order valence-electron chi connectivity index (χ0n) is 11.5. The Hall–Kier alpha value is -1.30. The van der Waals surface area contributed by atoms with E-state index in [1.165, 1.54) is 6.07 Å². The maximum atomic E-state index is 9.93. The molecule has 106 valence electrons. The van der Waals surface area contributed by atoms with Gasteiger partial charge in [-0.05, 0) is 20.0 Å². The van der Waals surface area contributed by atoms with Crippen molar-refractivity contribution in [3.8, 4) is 11.5 Å². The van der Waals surface area contributed by atoms with E-state index in [0.717, 1.165) is 25.2 Å². The van der Waals surface area contributed by atoms with Crippen molar-refractivity contribution in [1.29, 1.82) is 0 Å². The molecule has 1 heterocycles. The third-order valence-electron chi connectivity index (χ3n) is 3.61. The number of benzene rings is 1. The average Bonchev–Trinajstić information content (AvgIpc) is 2.39. The quantitative estimate of drug-likeness (QED) is 0.761. The van der Waals surface area contributed by atoms with Crippen LogP contribution < -0.4 is 5.32 Å². The van der Waals surface area contributed by atoms with Crippen LogP contribution in [0, 0.1) is 0 Å². The first-order valence-electron chi connectivity index (χ1n) is 6.64. The third kappa shape index (κ3) is 3.37. The topological polar surface area (TPSA) is 65.0 Å². The van der Waals surface area contributed by atoms with Gasteiger partial charge in [-0.2, -0.15) is 0 Å². The van der Waals surface area contributed by atoms with Crippen LogP contribution in [0.25, 0.3) is 0 Å². The first kappa shape index (κ1) is 14.1. The zero-order chi connectivity index (χ0) is 13.8. The molecule has 1 aliphatic heterocycles. The predicted molar refractivity (Wildman–Crippen MR) is 73.4 cm³/mol. The highest BCUT2D eigenvalue weighted by atomic mass is 16.5. The summed E-state index contributed by atoms with van der Waals surface area (Å²) in [5, 5.41) is 22.4. The number of hydrogen-bond acceptors (Lipinski definition) is 5. The first-order valence-corrected chi connectivity index (χ1v) is 6.64. The van der Waals surface area contributed by atoms with Gasteiger partial charge in [-0.1, -0.05) is 6.07 Å². The van der Waals surface area contributed by atoms with Gasteiger partial charge in [-0.15, -0.1) is 0 Å². The summed E-state index contributed by atoms with van der Waals surface area (Å²) in [6.07, 6.45) is 0.181. The highest BCUT2D eigenvalue weighted by Crippen LogP contribution is 2.31. The van der Waals surface area contributed by atoms with Crippen LogP contribution in [0.3, 0.4) is 0 Å². The summed E-state index contributed by atoms with van der Waals surface area (Å²) in [7, 11) is 1.91. The highest BCUT2D eigenvalue weighted by Gasteiger charge is 2.25. The number of nitrogens with zero attached hydrogens (tertiary/aromatic N) is 1. The zero-order valence-corrected chi connectivity index (χ0v) is 11.5. The molecule has 5 nitrogen and oxygen atoms in total. The summed E-state index contributed by atoms with van der Waals surface area (Å²) in [5.41, 5.74) is 0.836. The molecular weight excluding hydrogens is 244 g/mol. The van der Waals surface area contributed by atoms with Gasteiger partial charge in [0.05, 0.1) is 12.7 Å². The largest absolute Gasteiger partial charge is 0.508 e. The van der Waals surface area contributed by atoms with Crippen molar-refractivity contribution in [2.75, 3.05) is 33.3 Å². The number of aromatic hydroxyl groups is 2. The van der Waals surface area contributed by atoms with Crippen LogP contribution in [0.5, 0.6) is 11.5 Å². The van der Waals surface area contributed by atoms with Gasteiger partial charge in [0.2, 0.25) is 0 Å². The Bertz CT molecular complexity index is 423. The number of likely N-dealkylation sites (N-methyl/N-ethyl adjacent to an activating group) is 1. The minimum absolute atomic E-state index is 0.0866. The van der Waals surface area contributed by atoms with Crippen LogP contribution in [0.15, 0.2) is 18.2 Å². The first-order chi connectivity index (χ1) is 9.11. The van der Waals surface area contributed by atoms with E-state index in [2.05, 4.69) is 17.1 Å². The van der Waals surface area contributed by atoms with Crippen molar-refractivity contribution in [1.82, 2.24) is 10.2 Å². The lowest BCUT2D eigenvalue weighted by Gasteiger charge is -2.37. The molecule has 1 saturated heterocycles. The van der Waals surface area contributed by atoms with E-state index in [4.69, 9.17) is 4.74 Å². The number of rotatable bonds is 4. The van der Waals surface area contributed by atoms with E-state index in [1.807, 2.05) is 7.05 Å². The van der Waals surface area contributed by atoms with Gasteiger partial charge in [0.25, 0.3) is 0 Å². The SMILES string of the molecule is CNCC1CN(C(C)c2ccc(O)cc2O)CCO1. The Morgan fingerprint density at radius 3 is 2.95 bits per heavy atom. The van der Waals surface area contributed by atoms with E-state index in [-0.39, 0.29) is 23.6 Å². The summed E-state index contributed by atoms with van der Waals surface area (Å²) in [6.45, 7) is 5.28. The Kier molecular flexibility index (Phi) is 4.63. The molecule has 5 heteroatoms. The molecule has 2 rings (SSSR count). The smallest absolute Gasteiger partial charge is 0.124 e. The van der Waals surface area contributed by atoms with Crippen molar-refractivity contribution in [2.24, 2.45) is 0 Å². The number of phenolic OH excluding ortho intramolecular Hbond substituents is 2. The average molecular weight is 266 g/mol. The van der Waals surface area contributed by atoms with Crippen LogP contribution >= 0.6 is 0 Å². The van der Waals surface area contributed by atoms with Crippen molar-refractivity contribution in [3.63, 3.8) is 0 Å². The van der Waals surface area contributed by atoms with E-state index in [1.54, 1.807) is 12.1 Å². The molecule has 1 aromatic rings. The van der Waals surface area contributed by atoms with Gasteiger partial charge in [-0.25, -0.2) is 0 Å². The van der Waals surface area contributed by atoms with Gasteiger partial charge in [0.1, 0.15) is 11.5 Å². The maximum absolute atomic E-state index is 9.93. The van der Waals surface area contributed by atoms with E-state index >= 15 is 0 Å². The molecule has 0 aliphatic carbocycles. The molecule has 2 atom stereocenters. The Balaban J connectivity index is 2.07. The fourth-order valence-electron chi connectivity index (χ4n) is 2.53. The Morgan fingerprint density at radius 1 is 1.47 bits per heavy atom. The standard InChI is InChI=1S/C14H22N2O3/c1-10(13-4-3-11(17)7-14(13)18)16-5-6-19-12(9-16)8-15-2/h3-4,7,10,12,15,17-18H,5-6,8-9H2,1-2H3. The van der Waals surface area contributed by atoms with Crippen LogP contribution in [0.4, 0.5) is 0 Å². The van der Waals surface area contributed by atoms with Gasteiger partial charge in [0.15, 0.2) is 0 Å². The summed E-state index contributed by atoms with van der Waals surface area (Å²) in [4.78, 5) is 2.29. The molecule has 3 N–H and O–H groups in total. The van der Waals surface area contributed by atoms with E-state index < -0.39 is 0 Å². The Labute approximate surface area is 113 Å². The number of nitrogens with one attached hydrogen (secondary N) is 1. The summed E-state index contributed by atoms with van der Waals surface area (Å²) >= 11 is 0. The summed E-state index contributed by atoms with van der Waals surface area (Å²) < 4.78 is 5.68. The van der Waals surface area contributed by atoms with Crippen LogP contribution in [-0.2, 0) is 4.74 Å². The molecule has 0 bridgehead atoms. The minimum Gasteiger partial charge on any atom is -0.508 e. The fraction of sp³-hybridized carbons (Fsp3) is 0.571. The van der Waals surface area contributed by atoms with E-state index in [9.17, 15) is 10.2 Å². The van der Waals surface area contributed by atoms with Gasteiger partial charge in [-0.3, -0.25) is 4.90 Å². The monoisotopic (exact) mass is 266 g/mol. The van der Waals surface area contributed by atoms with Crippen molar-refractivity contribution in [2.45, 2.75) is 19.1 Å². The molecule has 2 unspecified atom stereocenters. The third-order valence-corrected chi connectivity index (χ3v) is 3.61. The second-order valence-corrected chi connectivity index (χ2v) is 4.96. The number of hydrogen-bond donors (Lipinski definition) is 3.